The van der Waals surface area contributed by atoms with E-state index in [1.807, 2.05) is 36.3 Å². The third-order valence-corrected chi connectivity index (χ3v) is 5.55. The number of rotatable bonds is 5. The molecule has 124 valence electrons. The Morgan fingerprint density at radius 1 is 1.48 bits per heavy atom. The number of aromatic nitrogens is 2. The Morgan fingerprint density at radius 2 is 2.26 bits per heavy atom. The molecule has 2 aromatic rings. The van der Waals surface area contributed by atoms with Crippen molar-refractivity contribution in [1.29, 1.82) is 0 Å². The minimum Gasteiger partial charge on any atom is -0.350 e. The molecule has 5 nitrogen and oxygen atoms in total. The smallest absolute Gasteiger partial charge is 0.237 e. The van der Waals surface area contributed by atoms with Crippen molar-refractivity contribution in [2.24, 2.45) is 7.05 Å². The minimum absolute atomic E-state index is 0.0650. The Labute approximate surface area is 141 Å². The second kappa shape index (κ2) is 7.27. The molecule has 1 aliphatic rings. The summed E-state index contributed by atoms with van der Waals surface area (Å²) in [7, 11) is 1.96. The van der Waals surface area contributed by atoms with Gasteiger partial charge in [-0.3, -0.25) is 14.4 Å². The third kappa shape index (κ3) is 4.00. The van der Waals surface area contributed by atoms with Crippen LogP contribution in [0.25, 0.3) is 0 Å². The lowest BCUT2D eigenvalue weighted by atomic mass is 9.91. The molecule has 0 aromatic carbocycles. The number of hydrogen-bond donors (Lipinski definition) is 1. The van der Waals surface area contributed by atoms with Gasteiger partial charge < -0.3 is 5.32 Å². The van der Waals surface area contributed by atoms with Crippen LogP contribution in [0, 0.1) is 0 Å². The average Bonchev–Trinajstić information content (AvgIpc) is 3.23. The molecular weight excluding hydrogens is 308 g/mol. The minimum atomic E-state index is -0.0650. The van der Waals surface area contributed by atoms with E-state index < -0.39 is 0 Å². The zero-order valence-corrected chi connectivity index (χ0v) is 14.6. The highest BCUT2D eigenvalue weighted by Crippen LogP contribution is 2.28. The van der Waals surface area contributed by atoms with Gasteiger partial charge in [0.15, 0.2) is 0 Å². The van der Waals surface area contributed by atoms with Gasteiger partial charge in [0.2, 0.25) is 5.91 Å². The van der Waals surface area contributed by atoms with Crippen LogP contribution in [0.4, 0.5) is 0 Å². The van der Waals surface area contributed by atoms with Crippen LogP contribution >= 0.6 is 11.3 Å². The highest BCUT2D eigenvalue weighted by Gasteiger charge is 2.27. The number of carbonyl (C=O) groups excluding carboxylic acids is 1. The molecule has 3 rings (SSSR count). The molecule has 0 radical (unpaired) electrons. The van der Waals surface area contributed by atoms with Gasteiger partial charge >= 0.3 is 0 Å². The topological polar surface area (TPSA) is 50.2 Å². The number of likely N-dealkylation sites (tertiary alicyclic amines) is 1. The molecule has 1 amide bonds. The van der Waals surface area contributed by atoms with Crippen molar-refractivity contribution in [3.63, 3.8) is 0 Å². The largest absolute Gasteiger partial charge is 0.350 e. The summed E-state index contributed by atoms with van der Waals surface area (Å²) in [4.78, 5) is 15.8. The molecule has 6 heteroatoms. The fraction of sp³-hybridized carbons (Fsp3) is 0.529. The number of nitrogens with one attached hydrogen (secondary N) is 1. The number of hydrogen-bond acceptors (Lipinski definition) is 4. The second-order valence-corrected chi connectivity index (χ2v) is 7.26. The lowest BCUT2D eigenvalue weighted by molar-refractivity contribution is -0.126. The van der Waals surface area contributed by atoms with E-state index in [-0.39, 0.29) is 11.9 Å². The van der Waals surface area contributed by atoms with Gasteiger partial charge in [-0.05, 0) is 55.8 Å². The maximum absolute atomic E-state index is 12.3. The van der Waals surface area contributed by atoms with Crippen LogP contribution in [-0.2, 0) is 18.4 Å². The van der Waals surface area contributed by atoms with E-state index in [9.17, 15) is 4.79 Å². The van der Waals surface area contributed by atoms with Crippen molar-refractivity contribution in [2.75, 3.05) is 13.1 Å². The van der Waals surface area contributed by atoms with Crippen LogP contribution in [0.15, 0.2) is 29.9 Å². The summed E-state index contributed by atoms with van der Waals surface area (Å²) in [5.41, 5.74) is 1.32. The van der Waals surface area contributed by atoms with Gasteiger partial charge in [-0.1, -0.05) is 6.07 Å². The number of amides is 1. The van der Waals surface area contributed by atoms with Crippen molar-refractivity contribution in [3.8, 4) is 0 Å². The maximum atomic E-state index is 12.3. The molecule has 1 fully saturated rings. The zero-order chi connectivity index (χ0) is 16.2. The second-order valence-electron chi connectivity index (χ2n) is 6.23. The van der Waals surface area contributed by atoms with Crippen molar-refractivity contribution >= 4 is 17.2 Å². The molecule has 1 saturated heterocycles. The van der Waals surface area contributed by atoms with Gasteiger partial charge in [-0.15, -0.1) is 11.3 Å². The fourth-order valence-corrected chi connectivity index (χ4v) is 3.82. The number of thiophene rings is 1. The number of carbonyl (C=O) groups is 1. The molecule has 0 bridgehead atoms. The van der Waals surface area contributed by atoms with Gasteiger partial charge in [0.25, 0.3) is 0 Å². The lowest BCUT2D eigenvalue weighted by Gasteiger charge is -2.35. The molecule has 1 unspecified atom stereocenters. The average molecular weight is 332 g/mol. The quantitative estimate of drug-likeness (QED) is 0.914. The fourth-order valence-electron chi connectivity index (χ4n) is 3.17. The number of nitrogens with zero attached hydrogens (tertiary/aromatic N) is 3. The van der Waals surface area contributed by atoms with Gasteiger partial charge in [0, 0.05) is 18.1 Å². The molecular formula is C17H24N4OS. The summed E-state index contributed by atoms with van der Waals surface area (Å²) in [5.74, 6) is 0.694. The normalized spacial score (nSPS) is 18.0. The van der Waals surface area contributed by atoms with Gasteiger partial charge in [0.1, 0.15) is 0 Å². The van der Waals surface area contributed by atoms with Gasteiger partial charge in [-0.2, -0.15) is 5.10 Å². The Hall–Kier alpha value is -1.66. The SMILES string of the molecule is CC(C(=O)NCc1cccs1)N1CCC(c2cnn(C)c2)CC1. The summed E-state index contributed by atoms with van der Waals surface area (Å²) < 4.78 is 1.86. The Morgan fingerprint density at radius 3 is 2.87 bits per heavy atom. The summed E-state index contributed by atoms with van der Waals surface area (Å²) in [6, 6.07) is 4.00. The van der Waals surface area contributed by atoms with E-state index in [0.29, 0.717) is 12.5 Å². The molecule has 1 aliphatic heterocycles. The monoisotopic (exact) mass is 332 g/mol. The van der Waals surface area contributed by atoms with Crippen molar-refractivity contribution in [1.82, 2.24) is 20.0 Å². The molecule has 0 saturated carbocycles. The zero-order valence-electron chi connectivity index (χ0n) is 13.7. The molecule has 1 atom stereocenters. The van der Waals surface area contributed by atoms with Crippen LogP contribution in [0.5, 0.6) is 0 Å². The van der Waals surface area contributed by atoms with Crippen molar-refractivity contribution in [3.05, 3.63) is 40.3 Å². The summed E-state index contributed by atoms with van der Waals surface area (Å²) >= 11 is 1.68. The molecule has 0 aliphatic carbocycles. The Bertz CT molecular complexity index is 629. The molecule has 3 heterocycles. The van der Waals surface area contributed by atoms with E-state index >= 15 is 0 Å². The van der Waals surface area contributed by atoms with E-state index in [4.69, 9.17) is 0 Å². The Kier molecular flexibility index (Phi) is 5.13. The van der Waals surface area contributed by atoms with Crippen molar-refractivity contribution < 1.29 is 4.79 Å². The van der Waals surface area contributed by atoms with E-state index in [1.165, 1.54) is 10.4 Å². The molecule has 0 spiro atoms. The van der Waals surface area contributed by atoms with Crippen LogP contribution in [0.3, 0.4) is 0 Å². The first-order valence-electron chi connectivity index (χ1n) is 8.16. The molecule has 1 N–H and O–H groups in total. The van der Waals surface area contributed by atoms with Crippen LogP contribution in [-0.4, -0.2) is 39.7 Å². The van der Waals surface area contributed by atoms with Crippen molar-refractivity contribution in [2.45, 2.75) is 38.3 Å². The maximum Gasteiger partial charge on any atom is 0.237 e. The van der Waals surface area contributed by atoms with E-state index in [0.717, 1.165) is 25.9 Å². The predicted octanol–water partition coefficient (Wildman–Crippen LogP) is 2.37. The highest BCUT2D eigenvalue weighted by molar-refractivity contribution is 7.09. The standard InChI is InChI=1S/C17H24N4OS/c1-13(17(22)18-11-16-4-3-9-23-16)21-7-5-14(6-8-21)15-10-19-20(2)12-15/h3-4,9-10,12-14H,5-8,11H2,1-2H3,(H,18,22). The first-order valence-corrected chi connectivity index (χ1v) is 9.04. The molecule has 2 aromatic heterocycles. The summed E-state index contributed by atoms with van der Waals surface area (Å²) in [6.07, 6.45) is 6.26. The Balaban J connectivity index is 1.47. The van der Waals surface area contributed by atoms with Crippen LogP contribution < -0.4 is 5.32 Å². The first kappa shape index (κ1) is 16.2. The third-order valence-electron chi connectivity index (χ3n) is 4.67. The van der Waals surface area contributed by atoms with Crippen LogP contribution in [0.2, 0.25) is 0 Å². The van der Waals surface area contributed by atoms with E-state index in [1.54, 1.807) is 11.3 Å². The summed E-state index contributed by atoms with van der Waals surface area (Å²) in [5, 5.41) is 9.34. The summed E-state index contributed by atoms with van der Waals surface area (Å²) in [6.45, 7) is 4.57. The van der Waals surface area contributed by atoms with E-state index in [2.05, 4.69) is 27.6 Å². The number of aryl methyl sites for hydroxylation is 1. The lowest BCUT2D eigenvalue weighted by Crippen LogP contribution is -2.47. The van der Waals surface area contributed by atoms with Gasteiger partial charge in [0.05, 0.1) is 18.8 Å². The highest BCUT2D eigenvalue weighted by atomic mass is 32.1. The first-order chi connectivity index (χ1) is 11.1. The van der Waals surface area contributed by atoms with Crippen LogP contribution in [0.1, 0.15) is 36.1 Å². The number of piperidine rings is 1. The molecule has 23 heavy (non-hydrogen) atoms. The predicted molar refractivity (Wildman–Crippen MR) is 92.4 cm³/mol. The van der Waals surface area contributed by atoms with Gasteiger partial charge in [-0.25, -0.2) is 0 Å².